The minimum atomic E-state index is -3.50. The van der Waals surface area contributed by atoms with Gasteiger partial charge in [0, 0.05) is 24.3 Å². The van der Waals surface area contributed by atoms with E-state index in [0.29, 0.717) is 5.69 Å². The highest BCUT2D eigenvalue weighted by atomic mass is 32.2. The van der Waals surface area contributed by atoms with E-state index in [1.54, 1.807) is 19.3 Å². The lowest BCUT2D eigenvalue weighted by Crippen LogP contribution is -2.09. The molecule has 0 radical (unpaired) electrons. The molecule has 1 N–H and O–H groups in total. The van der Waals surface area contributed by atoms with Crippen molar-refractivity contribution in [2.24, 2.45) is 0 Å². The molecule has 0 fully saturated rings. The Hall–Kier alpha value is -1.76. The minimum Gasteiger partial charge on any atom is -0.333 e. The Morgan fingerprint density at radius 3 is 2.29 bits per heavy atom. The third kappa shape index (κ3) is 2.68. The Balaban J connectivity index is 2.26. The molecular formula is C10H12N4O2S. The summed E-state index contributed by atoms with van der Waals surface area (Å²) in [6.45, 7) is 3.59. The van der Waals surface area contributed by atoms with E-state index < -0.39 is 9.84 Å². The van der Waals surface area contributed by atoms with E-state index in [0.717, 1.165) is 5.56 Å². The molecule has 2 aromatic heterocycles. The van der Waals surface area contributed by atoms with E-state index >= 15 is 0 Å². The number of hydrogen-bond donors (Lipinski definition) is 1. The van der Waals surface area contributed by atoms with Gasteiger partial charge in [-0.15, -0.1) is 0 Å². The molecule has 0 amide bonds. The zero-order chi connectivity index (χ0) is 12.5. The van der Waals surface area contributed by atoms with Crippen LogP contribution in [-0.4, -0.2) is 28.4 Å². The normalized spacial score (nSPS) is 11.6. The van der Waals surface area contributed by atoms with Crippen LogP contribution in [0.1, 0.15) is 17.1 Å². The van der Waals surface area contributed by atoms with Crippen molar-refractivity contribution in [2.75, 3.05) is 0 Å². The molecule has 0 aromatic carbocycles. The van der Waals surface area contributed by atoms with Crippen LogP contribution in [0.25, 0.3) is 0 Å². The number of rotatable bonds is 3. The third-order valence-corrected chi connectivity index (χ3v) is 3.56. The number of aromatic nitrogens is 4. The monoisotopic (exact) mass is 252 g/mol. The van der Waals surface area contributed by atoms with E-state index in [-0.39, 0.29) is 16.7 Å². The average molecular weight is 252 g/mol. The van der Waals surface area contributed by atoms with Crippen LogP contribution in [-0.2, 0) is 15.6 Å². The number of nitrogens with zero attached hydrogens (tertiary/aromatic N) is 3. The van der Waals surface area contributed by atoms with Crippen LogP contribution in [0.3, 0.4) is 0 Å². The molecule has 0 spiro atoms. The molecule has 17 heavy (non-hydrogen) atoms. The van der Waals surface area contributed by atoms with Crippen LogP contribution in [0.2, 0.25) is 0 Å². The summed E-state index contributed by atoms with van der Waals surface area (Å²) in [5, 5.41) is -0.0424. The van der Waals surface area contributed by atoms with Crippen LogP contribution in [0.4, 0.5) is 0 Å². The molecule has 0 atom stereocenters. The summed E-state index contributed by atoms with van der Waals surface area (Å²) in [5.74, 6) is 0.0184. The fraction of sp³-hybridized carbons (Fsp3) is 0.300. The van der Waals surface area contributed by atoms with Crippen molar-refractivity contribution in [1.29, 1.82) is 0 Å². The first-order valence-corrected chi connectivity index (χ1v) is 6.64. The van der Waals surface area contributed by atoms with Gasteiger partial charge in [0.05, 0.1) is 0 Å². The molecule has 0 bridgehead atoms. The summed E-state index contributed by atoms with van der Waals surface area (Å²) >= 11 is 0. The summed E-state index contributed by atoms with van der Waals surface area (Å²) in [6, 6.07) is 0. The lowest BCUT2D eigenvalue weighted by Gasteiger charge is -2.00. The number of H-pyrrole nitrogens is 1. The smallest absolute Gasteiger partial charge is 0.225 e. The Labute approximate surface area is 99.1 Å². The maximum atomic E-state index is 11.9. The van der Waals surface area contributed by atoms with E-state index in [9.17, 15) is 8.42 Å². The zero-order valence-electron chi connectivity index (χ0n) is 9.51. The van der Waals surface area contributed by atoms with Crippen LogP contribution in [0, 0.1) is 13.8 Å². The van der Waals surface area contributed by atoms with Crippen LogP contribution >= 0.6 is 0 Å². The second-order valence-corrected chi connectivity index (χ2v) is 5.71. The van der Waals surface area contributed by atoms with E-state index in [2.05, 4.69) is 19.9 Å². The zero-order valence-corrected chi connectivity index (χ0v) is 10.3. The van der Waals surface area contributed by atoms with Gasteiger partial charge in [0.25, 0.3) is 0 Å². The SMILES string of the molecule is Cc1cnc(CS(=O)(=O)c2ncc(C)[nH]2)nc1. The molecule has 0 saturated carbocycles. The predicted molar refractivity (Wildman–Crippen MR) is 61.0 cm³/mol. The Morgan fingerprint density at radius 2 is 1.76 bits per heavy atom. The summed E-state index contributed by atoms with van der Waals surface area (Å²) in [5.41, 5.74) is 1.59. The van der Waals surface area contributed by atoms with Crippen LogP contribution < -0.4 is 0 Å². The van der Waals surface area contributed by atoms with Crippen molar-refractivity contribution < 1.29 is 8.42 Å². The molecular weight excluding hydrogens is 240 g/mol. The van der Waals surface area contributed by atoms with E-state index in [1.165, 1.54) is 6.20 Å². The first-order chi connectivity index (χ1) is 7.97. The number of hydrogen-bond acceptors (Lipinski definition) is 5. The van der Waals surface area contributed by atoms with Crippen molar-refractivity contribution in [3.63, 3.8) is 0 Å². The van der Waals surface area contributed by atoms with Gasteiger partial charge >= 0.3 is 0 Å². The summed E-state index contributed by atoms with van der Waals surface area (Å²) in [6.07, 6.45) is 4.65. The maximum absolute atomic E-state index is 11.9. The molecule has 0 aliphatic heterocycles. The van der Waals surface area contributed by atoms with Crippen LogP contribution in [0.5, 0.6) is 0 Å². The van der Waals surface area contributed by atoms with Gasteiger partial charge in [-0.05, 0) is 19.4 Å². The Kier molecular flexibility index (Phi) is 2.93. The van der Waals surface area contributed by atoms with Gasteiger partial charge in [-0.2, -0.15) is 0 Å². The third-order valence-electron chi connectivity index (χ3n) is 2.13. The molecule has 6 nitrogen and oxygen atoms in total. The first-order valence-electron chi connectivity index (χ1n) is 4.99. The summed E-state index contributed by atoms with van der Waals surface area (Å²) in [4.78, 5) is 14.4. The molecule has 0 aliphatic carbocycles. The molecule has 7 heteroatoms. The minimum absolute atomic E-state index is 0.0424. The van der Waals surface area contributed by atoms with Crippen molar-refractivity contribution in [2.45, 2.75) is 24.8 Å². The van der Waals surface area contributed by atoms with E-state index in [4.69, 9.17) is 0 Å². The van der Waals surface area contributed by atoms with Crippen molar-refractivity contribution in [1.82, 2.24) is 19.9 Å². The number of imidazole rings is 1. The summed E-state index contributed by atoms with van der Waals surface area (Å²) in [7, 11) is -3.50. The van der Waals surface area contributed by atoms with Gasteiger partial charge in [-0.3, -0.25) is 0 Å². The number of aromatic amines is 1. The van der Waals surface area contributed by atoms with Gasteiger partial charge in [0.1, 0.15) is 11.6 Å². The van der Waals surface area contributed by atoms with Gasteiger partial charge in [-0.1, -0.05) is 0 Å². The first kappa shape index (κ1) is 11.7. The second-order valence-electron chi connectivity index (χ2n) is 3.81. The second kappa shape index (κ2) is 4.25. The fourth-order valence-corrected chi connectivity index (χ4v) is 2.43. The maximum Gasteiger partial charge on any atom is 0.225 e. The van der Waals surface area contributed by atoms with Gasteiger partial charge < -0.3 is 4.98 Å². The predicted octanol–water partition coefficient (Wildman–Crippen LogP) is 0.790. The Bertz CT molecular complexity index is 616. The van der Waals surface area contributed by atoms with E-state index in [1.807, 2.05) is 6.92 Å². The number of aryl methyl sites for hydroxylation is 2. The highest BCUT2D eigenvalue weighted by Crippen LogP contribution is 2.10. The molecule has 0 saturated heterocycles. The standard InChI is InChI=1S/C10H12N4O2S/c1-7-3-11-9(12-4-7)6-17(15,16)10-13-5-8(2)14-10/h3-5H,6H2,1-2H3,(H,13,14). The lowest BCUT2D eigenvalue weighted by molar-refractivity contribution is 0.586. The molecule has 2 heterocycles. The molecule has 0 aliphatic rings. The molecule has 2 aromatic rings. The summed E-state index contributed by atoms with van der Waals surface area (Å²) < 4.78 is 23.9. The molecule has 2 rings (SSSR count). The topological polar surface area (TPSA) is 88.6 Å². The van der Waals surface area contributed by atoms with Gasteiger partial charge in [0.15, 0.2) is 0 Å². The van der Waals surface area contributed by atoms with Crippen LogP contribution in [0.15, 0.2) is 23.7 Å². The molecule has 90 valence electrons. The lowest BCUT2D eigenvalue weighted by atomic mass is 10.4. The number of nitrogens with one attached hydrogen (secondary N) is 1. The van der Waals surface area contributed by atoms with Gasteiger partial charge in [0.2, 0.25) is 15.0 Å². The van der Waals surface area contributed by atoms with Crippen molar-refractivity contribution >= 4 is 9.84 Å². The highest BCUT2D eigenvalue weighted by molar-refractivity contribution is 7.90. The number of sulfone groups is 1. The van der Waals surface area contributed by atoms with Crippen molar-refractivity contribution in [3.8, 4) is 0 Å². The largest absolute Gasteiger partial charge is 0.333 e. The Morgan fingerprint density at radius 1 is 1.12 bits per heavy atom. The average Bonchev–Trinajstić information content (AvgIpc) is 2.69. The van der Waals surface area contributed by atoms with Gasteiger partial charge in [-0.25, -0.2) is 23.4 Å². The van der Waals surface area contributed by atoms with Crippen molar-refractivity contribution in [3.05, 3.63) is 35.7 Å². The fourth-order valence-electron chi connectivity index (χ4n) is 1.28. The quantitative estimate of drug-likeness (QED) is 0.872. The molecule has 0 unspecified atom stereocenters. The highest BCUT2D eigenvalue weighted by Gasteiger charge is 2.20.